The maximum Gasteiger partial charge on any atom is 0.256 e. The van der Waals surface area contributed by atoms with Gasteiger partial charge < -0.3 is 4.84 Å². The van der Waals surface area contributed by atoms with Crippen molar-refractivity contribution in [2.75, 3.05) is 0 Å². The van der Waals surface area contributed by atoms with Crippen LogP contribution < -0.4 is 10.4 Å². The van der Waals surface area contributed by atoms with E-state index in [0.29, 0.717) is 18.6 Å². The third-order valence-corrected chi connectivity index (χ3v) is 5.30. The number of rotatable bonds is 6. The van der Waals surface area contributed by atoms with Crippen LogP contribution in [0.5, 0.6) is 0 Å². The van der Waals surface area contributed by atoms with Crippen LogP contribution >= 0.6 is 24.0 Å². The number of nitrogens with zero attached hydrogens (tertiary/aromatic N) is 1. The summed E-state index contributed by atoms with van der Waals surface area (Å²) in [5, 5.41) is 0.722. The number of nitrogens with one attached hydrogen (secondary N) is 1. The van der Waals surface area contributed by atoms with Crippen molar-refractivity contribution < 1.29 is 4.84 Å². The Hall–Kier alpha value is -2.31. The first-order valence-electron chi connectivity index (χ1n) is 8.38. The van der Waals surface area contributed by atoms with Crippen LogP contribution in [-0.2, 0) is 13.0 Å². The lowest BCUT2D eigenvalue weighted by molar-refractivity contribution is 0.0709. The van der Waals surface area contributed by atoms with Crippen LogP contribution in [0.15, 0.2) is 69.3 Å². The van der Waals surface area contributed by atoms with Gasteiger partial charge in [0.05, 0.1) is 5.56 Å². The average Bonchev–Trinajstić information content (AvgIpc) is 2.64. The molecule has 1 heterocycles. The molecule has 0 fully saturated rings. The number of aromatic amines is 1. The quantitative estimate of drug-likeness (QED) is 0.500. The van der Waals surface area contributed by atoms with Crippen molar-refractivity contribution in [3.8, 4) is 0 Å². The fourth-order valence-corrected chi connectivity index (χ4v) is 3.89. The minimum Gasteiger partial charge on any atom is -0.406 e. The molecule has 2 aromatic carbocycles. The molecular formula is C20H20N2O2S2. The normalized spacial score (nSPS) is 10.7. The Bertz CT molecular complexity index is 993. The first kappa shape index (κ1) is 18.5. The smallest absolute Gasteiger partial charge is 0.256 e. The van der Waals surface area contributed by atoms with Crippen LogP contribution in [0, 0.1) is 11.7 Å². The van der Waals surface area contributed by atoms with Crippen LogP contribution in [0.3, 0.4) is 0 Å². The molecule has 0 bridgehead atoms. The highest BCUT2D eigenvalue weighted by Gasteiger charge is 2.15. The van der Waals surface area contributed by atoms with E-state index in [1.54, 1.807) is 4.73 Å². The Morgan fingerprint density at radius 3 is 2.46 bits per heavy atom. The van der Waals surface area contributed by atoms with Gasteiger partial charge in [-0.25, -0.2) is 0 Å². The molecule has 0 saturated carbocycles. The Balaban J connectivity index is 1.98. The number of aromatic nitrogens is 2. The summed E-state index contributed by atoms with van der Waals surface area (Å²) in [6, 6.07) is 18.0. The lowest BCUT2D eigenvalue weighted by Crippen LogP contribution is -2.25. The van der Waals surface area contributed by atoms with Gasteiger partial charge in [-0.1, -0.05) is 66.7 Å². The third kappa shape index (κ3) is 4.26. The van der Waals surface area contributed by atoms with Crippen molar-refractivity contribution in [3.05, 3.63) is 86.4 Å². The van der Waals surface area contributed by atoms with Gasteiger partial charge in [0.1, 0.15) is 11.6 Å². The third-order valence-electron chi connectivity index (χ3n) is 3.91. The molecule has 134 valence electrons. The minimum atomic E-state index is -0.161. The van der Waals surface area contributed by atoms with E-state index in [1.807, 2.05) is 68.4 Å². The zero-order valence-corrected chi connectivity index (χ0v) is 16.3. The fourth-order valence-electron chi connectivity index (χ4n) is 2.49. The summed E-state index contributed by atoms with van der Waals surface area (Å²) in [7, 11) is 0. The molecule has 3 rings (SSSR count). The van der Waals surface area contributed by atoms with Crippen molar-refractivity contribution in [2.45, 2.75) is 36.8 Å². The highest BCUT2D eigenvalue weighted by Crippen LogP contribution is 2.29. The molecule has 0 aliphatic carbocycles. The second-order valence-corrected chi connectivity index (χ2v) is 7.31. The molecule has 0 radical (unpaired) electrons. The largest absolute Gasteiger partial charge is 0.406 e. The van der Waals surface area contributed by atoms with Crippen LogP contribution in [0.2, 0.25) is 0 Å². The van der Waals surface area contributed by atoms with E-state index in [9.17, 15) is 4.79 Å². The Morgan fingerprint density at radius 1 is 1.12 bits per heavy atom. The maximum absolute atomic E-state index is 12.3. The Morgan fingerprint density at radius 2 is 1.81 bits per heavy atom. The molecule has 0 aliphatic heterocycles. The maximum atomic E-state index is 12.3. The number of hydrogen-bond donors (Lipinski definition) is 1. The van der Waals surface area contributed by atoms with Crippen molar-refractivity contribution in [2.24, 2.45) is 0 Å². The summed E-state index contributed by atoms with van der Waals surface area (Å²) in [6.45, 7) is 4.36. The van der Waals surface area contributed by atoms with E-state index in [4.69, 9.17) is 17.1 Å². The van der Waals surface area contributed by atoms with Crippen LogP contribution in [0.25, 0.3) is 0 Å². The van der Waals surface area contributed by atoms with Crippen LogP contribution in [0.1, 0.15) is 23.6 Å². The summed E-state index contributed by atoms with van der Waals surface area (Å²) < 4.78 is 1.82. The van der Waals surface area contributed by atoms with Gasteiger partial charge in [0.2, 0.25) is 4.77 Å². The van der Waals surface area contributed by atoms with Gasteiger partial charge in [-0.2, -0.15) is 0 Å². The van der Waals surface area contributed by atoms with Gasteiger partial charge >= 0.3 is 0 Å². The van der Waals surface area contributed by atoms with E-state index in [1.165, 1.54) is 17.3 Å². The van der Waals surface area contributed by atoms with Gasteiger partial charge in [0, 0.05) is 4.90 Å². The molecule has 4 nitrogen and oxygen atoms in total. The Kier molecular flexibility index (Phi) is 5.96. The van der Waals surface area contributed by atoms with Gasteiger partial charge in [-0.3, -0.25) is 9.78 Å². The first-order chi connectivity index (χ1) is 12.6. The van der Waals surface area contributed by atoms with Crippen LogP contribution in [0.4, 0.5) is 0 Å². The highest BCUT2D eigenvalue weighted by atomic mass is 32.2. The van der Waals surface area contributed by atoms with Crippen LogP contribution in [-0.4, -0.2) is 9.71 Å². The SMILES string of the molecule is CCc1c(Sc2ccccc2)n(OCc2ccc(C)cc2)c(=S)[nH]c1=O. The van der Waals surface area contributed by atoms with Gasteiger partial charge in [0.15, 0.2) is 0 Å². The summed E-state index contributed by atoms with van der Waals surface area (Å²) in [6.07, 6.45) is 0.591. The molecule has 0 amide bonds. The molecule has 0 spiro atoms. The number of benzene rings is 2. The predicted octanol–water partition coefficient (Wildman–Crippen LogP) is 4.56. The van der Waals surface area contributed by atoms with Crippen molar-refractivity contribution in [3.63, 3.8) is 0 Å². The van der Waals surface area contributed by atoms with E-state index >= 15 is 0 Å². The highest BCUT2D eigenvalue weighted by molar-refractivity contribution is 7.99. The Labute approximate surface area is 161 Å². The molecular weight excluding hydrogens is 364 g/mol. The zero-order chi connectivity index (χ0) is 18.5. The first-order valence-corrected chi connectivity index (χ1v) is 9.61. The van der Waals surface area contributed by atoms with Gasteiger partial charge in [-0.05, 0) is 43.3 Å². The number of aryl methyl sites for hydroxylation is 1. The zero-order valence-electron chi connectivity index (χ0n) is 14.7. The topological polar surface area (TPSA) is 47.0 Å². The average molecular weight is 385 g/mol. The summed E-state index contributed by atoms with van der Waals surface area (Å²) >= 11 is 6.84. The molecule has 0 saturated heterocycles. The standard InChI is InChI=1S/C20H20N2O2S2/c1-3-17-18(23)21-20(25)22(19(17)26-16-7-5-4-6-8-16)24-13-15-11-9-14(2)10-12-15/h4-12H,3,13H2,1-2H3,(H,21,23,25). The van der Waals surface area contributed by atoms with E-state index < -0.39 is 0 Å². The van der Waals surface area contributed by atoms with E-state index in [2.05, 4.69) is 4.98 Å². The minimum absolute atomic E-state index is 0.161. The van der Waals surface area contributed by atoms with E-state index in [0.717, 1.165) is 15.5 Å². The fraction of sp³-hybridized carbons (Fsp3) is 0.200. The lowest BCUT2D eigenvalue weighted by atomic mass is 10.2. The van der Waals surface area contributed by atoms with Gasteiger partial charge in [-0.15, -0.1) is 4.73 Å². The predicted molar refractivity (Wildman–Crippen MR) is 107 cm³/mol. The number of hydrogen-bond acceptors (Lipinski definition) is 4. The molecule has 1 N–H and O–H groups in total. The second kappa shape index (κ2) is 8.38. The molecule has 6 heteroatoms. The molecule has 26 heavy (non-hydrogen) atoms. The van der Waals surface area contributed by atoms with Crippen molar-refractivity contribution in [1.82, 2.24) is 9.71 Å². The van der Waals surface area contributed by atoms with E-state index in [-0.39, 0.29) is 10.3 Å². The monoisotopic (exact) mass is 384 g/mol. The lowest BCUT2D eigenvalue weighted by Gasteiger charge is -2.17. The van der Waals surface area contributed by atoms with Gasteiger partial charge in [0.25, 0.3) is 5.56 Å². The summed E-state index contributed by atoms with van der Waals surface area (Å²) in [5.74, 6) is 0. The molecule has 3 aromatic rings. The molecule has 1 aromatic heterocycles. The number of H-pyrrole nitrogens is 1. The summed E-state index contributed by atoms with van der Waals surface area (Å²) in [4.78, 5) is 22.1. The molecule has 0 aliphatic rings. The molecule has 0 atom stereocenters. The van der Waals surface area contributed by atoms with Crippen molar-refractivity contribution >= 4 is 24.0 Å². The summed E-state index contributed by atoms with van der Waals surface area (Å²) in [5.41, 5.74) is 2.74. The molecule has 0 unspecified atom stereocenters. The van der Waals surface area contributed by atoms with Crippen molar-refractivity contribution in [1.29, 1.82) is 0 Å². The second-order valence-electron chi connectivity index (χ2n) is 5.87.